The zero-order chi connectivity index (χ0) is 22.0. The van der Waals surface area contributed by atoms with Gasteiger partial charge in [0.2, 0.25) is 11.6 Å². The first kappa shape index (κ1) is 20.4. The van der Waals surface area contributed by atoms with E-state index in [0.29, 0.717) is 29.1 Å². The first-order valence-electron chi connectivity index (χ1n) is 9.94. The highest BCUT2D eigenvalue weighted by molar-refractivity contribution is 5.93. The second kappa shape index (κ2) is 8.47. The molecular weight excluding hydrogens is 398 g/mol. The molecule has 2 aromatic heterocycles. The molecule has 9 heteroatoms. The second-order valence-corrected chi connectivity index (χ2v) is 7.02. The summed E-state index contributed by atoms with van der Waals surface area (Å²) in [5, 5.41) is 11.1. The lowest BCUT2D eigenvalue weighted by molar-refractivity contribution is -0.116. The van der Waals surface area contributed by atoms with E-state index >= 15 is 0 Å². The summed E-state index contributed by atoms with van der Waals surface area (Å²) in [7, 11) is 3.06. The van der Waals surface area contributed by atoms with Crippen molar-refractivity contribution in [2.45, 2.75) is 26.3 Å². The third kappa shape index (κ3) is 3.70. The van der Waals surface area contributed by atoms with E-state index in [2.05, 4.69) is 15.5 Å². The molecule has 2 heterocycles. The van der Waals surface area contributed by atoms with Crippen LogP contribution in [-0.2, 0) is 17.8 Å². The molecule has 0 atom stereocenters. The second-order valence-electron chi connectivity index (χ2n) is 7.02. The Morgan fingerprint density at radius 3 is 2.55 bits per heavy atom. The van der Waals surface area contributed by atoms with Crippen molar-refractivity contribution in [3.63, 3.8) is 0 Å². The number of hydrogen-bond donors (Lipinski definition) is 1. The lowest BCUT2D eigenvalue weighted by Crippen LogP contribution is -2.29. The highest BCUT2D eigenvalue weighted by Crippen LogP contribution is 2.29. The van der Waals surface area contributed by atoms with Crippen molar-refractivity contribution in [1.29, 1.82) is 0 Å². The van der Waals surface area contributed by atoms with Crippen molar-refractivity contribution in [1.82, 2.24) is 19.2 Å². The molecule has 4 aromatic rings. The van der Waals surface area contributed by atoms with Gasteiger partial charge in [-0.3, -0.25) is 18.6 Å². The van der Waals surface area contributed by atoms with Crippen LogP contribution in [0, 0.1) is 0 Å². The topological polar surface area (TPSA) is 99.8 Å². The highest BCUT2D eigenvalue weighted by Gasteiger charge is 2.18. The van der Waals surface area contributed by atoms with Crippen molar-refractivity contribution in [3.8, 4) is 11.5 Å². The molecule has 1 N–H and O–H groups in total. The van der Waals surface area contributed by atoms with Gasteiger partial charge in [-0.2, -0.15) is 0 Å². The van der Waals surface area contributed by atoms with Crippen LogP contribution in [0.2, 0.25) is 0 Å². The number of carbonyl (C=O) groups is 1. The number of para-hydroxylation sites is 2. The van der Waals surface area contributed by atoms with E-state index in [-0.39, 0.29) is 23.7 Å². The summed E-state index contributed by atoms with van der Waals surface area (Å²) in [6.45, 7) is 1.86. The maximum atomic E-state index is 13.2. The molecule has 0 spiro atoms. The third-order valence-electron chi connectivity index (χ3n) is 5.04. The van der Waals surface area contributed by atoms with Crippen LogP contribution in [0.5, 0.6) is 11.5 Å². The molecule has 0 bridgehead atoms. The number of aromatic nitrogens is 4. The molecule has 0 aliphatic rings. The third-order valence-corrected chi connectivity index (χ3v) is 5.04. The number of nitrogens with one attached hydrogen (secondary N) is 1. The Kier molecular flexibility index (Phi) is 5.57. The Morgan fingerprint density at radius 1 is 1.06 bits per heavy atom. The van der Waals surface area contributed by atoms with Gasteiger partial charge in [-0.25, -0.2) is 0 Å². The molecule has 160 valence electrons. The average Bonchev–Trinajstić information content (AvgIpc) is 3.21. The fourth-order valence-corrected chi connectivity index (χ4v) is 3.60. The van der Waals surface area contributed by atoms with Crippen LogP contribution >= 0.6 is 0 Å². The predicted molar refractivity (Wildman–Crippen MR) is 117 cm³/mol. The standard InChI is InChI=1S/C22H23N5O4/c1-4-7-19-24-25-21-22(29)26(16-8-5-6-9-17(16)27(19)21)13-20(28)23-15-11-10-14(30-2)12-18(15)31-3/h5-6,8-12H,4,7,13H2,1-3H3,(H,23,28). The number of benzene rings is 2. The number of methoxy groups -OCH3 is 2. The molecule has 0 radical (unpaired) electrons. The zero-order valence-corrected chi connectivity index (χ0v) is 17.6. The normalized spacial score (nSPS) is 11.1. The first-order chi connectivity index (χ1) is 15.1. The van der Waals surface area contributed by atoms with Gasteiger partial charge in [-0.05, 0) is 30.7 Å². The fourth-order valence-electron chi connectivity index (χ4n) is 3.60. The van der Waals surface area contributed by atoms with E-state index in [9.17, 15) is 9.59 Å². The number of nitrogens with zero attached hydrogens (tertiary/aromatic N) is 4. The largest absolute Gasteiger partial charge is 0.497 e. The minimum atomic E-state index is -0.370. The van der Waals surface area contributed by atoms with Crippen LogP contribution < -0.4 is 20.3 Å². The number of rotatable bonds is 7. The number of aryl methyl sites for hydroxylation is 1. The van der Waals surface area contributed by atoms with E-state index in [4.69, 9.17) is 9.47 Å². The Morgan fingerprint density at radius 2 is 1.84 bits per heavy atom. The molecule has 0 saturated carbocycles. The van der Waals surface area contributed by atoms with E-state index in [1.54, 1.807) is 29.7 Å². The van der Waals surface area contributed by atoms with Gasteiger partial charge in [-0.15, -0.1) is 10.2 Å². The summed E-state index contributed by atoms with van der Waals surface area (Å²) in [4.78, 5) is 26.0. The van der Waals surface area contributed by atoms with Crippen LogP contribution in [0.25, 0.3) is 16.7 Å². The van der Waals surface area contributed by atoms with Gasteiger partial charge < -0.3 is 14.8 Å². The van der Waals surface area contributed by atoms with Crippen LogP contribution in [-0.4, -0.2) is 39.3 Å². The maximum absolute atomic E-state index is 13.2. The Labute approximate surface area is 178 Å². The fraction of sp³-hybridized carbons (Fsp3) is 0.273. The lowest BCUT2D eigenvalue weighted by Gasteiger charge is -2.14. The minimum absolute atomic E-state index is 0.180. The summed E-state index contributed by atoms with van der Waals surface area (Å²) in [5.74, 6) is 1.43. The van der Waals surface area contributed by atoms with Gasteiger partial charge in [0, 0.05) is 12.5 Å². The summed E-state index contributed by atoms with van der Waals surface area (Å²) in [6.07, 6.45) is 1.58. The Balaban J connectivity index is 1.74. The van der Waals surface area contributed by atoms with Crippen LogP contribution in [0.1, 0.15) is 19.2 Å². The monoisotopic (exact) mass is 421 g/mol. The van der Waals surface area contributed by atoms with Gasteiger partial charge in [-0.1, -0.05) is 19.1 Å². The molecule has 2 aromatic carbocycles. The average molecular weight is 421 g/mol. The van der Waals surface area contributed by atoms with Crippen LogP contribution in [0.15, 0.2) is 47.3 Å². The van der Waals surface area contributed by atoms with Gasteiger partial charge in [0.25, 0.3) is 5.56 Å². The summed E-state index contributed by atoms with van der Waals surface area (Å²) < 4.78 is 13.7. The van der Waals surface area contributed by atoms with Crippen LogP contribution in [0.3, 0.4) is 0 Å². The number of ether oxygens (including phenoxy) is 2. The first-order valence-corrected chi connectivity index (χ1v) is 9.94. The van der Waals surface area contributed by atoms with E-state index < -0.39 is 0 Å². The Hall–Kier alpha value is -3.88. The van der Waals surface area contributed by atoms with Crippen molar-refractivity contribution >= 4 is 28.3 Å². The molecule has 0 unspecified atom stereocenters. The van der Waals surface area contributed by atoms with Gasteiger partial charge in [0.05, 0.1) is 30.9 Å². The number of amides is 1. The van der Waals surface area contributed by atoms with E-state index in [1.165, 1.54) is 11.7 Å². The van der Waals surface area contributed by atoms with Crippen molar-refractivity contribution in [2.75, 3.05) is 19.5 Å². The van der Waals surface area contributed by atoms with Crippen molar-refractivity contribution in [3.05, 3.63) is 58.6 Å². The number of hydrogen-bond acceptors (Lipinski definition) is 6. The zero-order valence-electron chi connectivity index (χ0n) is 17.6. The molecule has 4 rings (SSSR count). The van der Waals surface area contributed by atoms with Crippen molar-refractivity contribution in [2.24, 2.45) is 0 Å². The lowest BCUT2D eigenvalue weighted by atomic mass is 10.2. The molecule has 9 nitrogen and oxygen atoms in total. The van der Waals surface area contributed by atoms with Gasteiger partial charge in [0.1, 0.15) is 23.9 Å². The molecule has 0 fully saturated rings. The summed E-state index contributed by atoms with van der Waals surface area (Å²) in [6, 6.07) is 12.5. The van der Waals surface area contributed by atoms with Gasteiger partial charge in [0.15, 0.2) is 0 Å². The highest BCUT2D eigenvalue weighted by atomic mass is 16.5. The van der Waals surface area contributed by atoms with E-state index in [0.717, 1.165) is 17.8 Å². The summed E-state index contributed by atoms with van der Waals surface area (Å²) in [5.41, 5.74) is 1.73. The SMILES string of the molecule is CCCc1nnc2c(=O)n(CC(=O)Nc3ccc(OC)cc3OC)c3ccccc3n12. The molecule has 0 aliphatic heterocycles. The smallest absolute Gasteiger partial charge is 0.297 e. The molecule has 0 aliphatic carbocycles. The summed E-state index contributed by atoms with van der Waals surface area (Å²) >= 11 is 0. The number of fused-ring (bicyclic) bond motifs is 3. The Bertz CT molecular complexity index is 1320. The molecular formula is C22H23N5O4. The van der Waals surface area contributed by atoms with E-state index in [1.807, 2.05) is 31.2 Å². The minimum Gasteiger partial charge on any atom is -0.497 e. The number of anilines is 1. The molecule has 1 amide bonds. The maximum Gasteiger partial charge on any atom is 0.297 e. The predicted octanol–water partition coefficient (Wildman–Crippen LogP) is 2.65. The van der Waals surface area contributed by atoms with Crippen LogP contribution in [0.4, 0.5) is 5.69 Å². The number of carbonyl (C=O) groups excluding carboxylic acids is 1. The molecule has 0 saturated heterocycles. The quantitative estimate of drug-likeness (QED) is 0.492. The molecule has 31 heavy (non-hydrogen) atoms. The van der Waals surface area contributed by atoms with Crippen molar-refractivity contribution < 1.29 is 14.3 Å². The van der Waals surface area contributed by atoms with Gasteiger partial charge >= 0.3 is 0 Å².